The van der Waals surface area contributed by atoms with Gasteiger partial charge in [-0.3, -0.25) is 0 Å². The van der Waals surface area contributed by atoms with Crippen LogP contribution in [-0.4, -0.2) is 11.1 Å². The van der Waals surface area contributed by atoms with Gasteiger partial charge in [-0.05, 0) is 56.2 Å². The second kappa shape index (κ2) is 6.79. The average molecular weight is 249 g/mol. The highest BCUT2D eigenvalue weighted by molar-refractivity contribution is 5.42. The summed E-state index contributed by atoms with van der Waals surface area (Å²) in [5.74, 6) is 1.19. The van der Waals surface area contributed by atoms with Crippen LogP contribution in [0.25, 0.3) is 0 Å². The van der Waals surface area contributed by atoms with Crippen molar-refractivity contribution in [1.29, 1.82) is 0 Å². The van der Waals surface area contributed by atoms with Gasteiger partial charge in [0.15, 0.2) is 0 Å². The summed E-state index contributed by atoms with van der Waals surface area (Å²) in [4.78, 5) is 0. The van der Waals surface area contributed by atoms with E-state index in [4.69, 9.17) is 0 Å². The molecular weight excluding hydrogens is 222 g/mol. The summed E-state index contributed by atoms with van der Waals surface area (Å²) in [5, 5.41) is 13.3. The number of hydrogen-bond acceptors (Lipinski definition) is 2. The van der Waals surface area contributed by atoms with Gasteiger partial charge in [0.25, 0.3) is 0 Å². The van der Waals surface area contributed by atoms with Crippen LogP contribution >= 0.6 is 0 Å². The van der Waals surface area contributed by atoms with E-state index >= 15 is 0 Å². The van der Waals surface area contributed by atoms with Crippen molar-refractivity contribution in [1.82, 2.24) is 5.32 Å². The fourth-order valence-corrected chi connectivity index (χ4v) is 2.13. The highest BCUT2D eigenvalue weighted by Crippen LogP contribution is 2.22. The van der Waals surface area contributed by atoms with E-state index in [-0.39, 0.29) is 0 Å². The minimum Gasteiger partial charge on any atom is -0.507 e. The molecular formula is C16H27NO. The van der Waals surface area contributed by atoms with Crippen LogP contribution in [0, 0.1) is 19.8 Å². The molecule has 1 aromatic carbocycles. The Kier molecular flexibility index (Phi) is 5.67. The van der Waals surface area contributed by atoms with Gasteiger partial charge in [-0.2, -0.15) is 0 Å². The molecule has 0 saturated heterocycles. The summed E-state index contributed by atoms with van der Waals surface area (Å²) in [7, 11) is 0. The quantitative estimate of drug-likeness (QED) is 0.801. The number of phenols is 1. The first kappa shape index (κ1) is 15.0. The van der Waals surface area contributed by atoms with Crippen LogP contribution in [0.4, 0.5) is 0 Å². The van der Waals surface area contributed by atoms with Gasteiger partial charge in [0.2, 0.25) is 0 Å². The van der Waals surface area contributed by atoms with Crippen LogP contribution in [-0.2, 0) is 6.54 Å². The molecule has 18 heavy (non-hydrogen) atoms. The van der Waals surface area contributed by atoms with E-state index in [1.54, 1.807) is 0 Å². The van der Waals surface area contributed by atoms with E-state index < -0.39 is 0 Å². The Morgan fingerprint density at radius 2 is 1.61 bits per heavy atom. The van der Waals surface area contributed by atoms with Crippen LogP contribution in [0.2, 0.25) is 0 Å². The molecule has 1 atom stereocenters. The fraction of sp³-hybridized carbons (Fsp3) is 0.625. The minimum atomic E-state index is 0.423. The van der Waals surface area contributed by atoms with Gasteiger partial charge in [-0.1, -0.05) is 26.0 Å². The second-order valence-corrected chi connectivity index (χ2v) is 5.83. The smallest absolute Gasteiger partial charge is 0.121 e. The summed E-state index contributed by atoms with van der Waals surface area (Å²) < 4.78 is 0. The molecule has 0 fully saturated rings. The summed E-state index contributed by atoms with van der Waals surface area (Å²) in [6.07, 6.45) is 2.48. The number of phenolic OH excluding ortho intramolecular Hbond substituents is 1. The van der Waals surface area contributed by atoms with Crippen molar-refractivity contribution in [3.8, 4) is 5.75 Å². The van der Waals surface area contributed by atoms with Crippen molar-refractivity contribution < 1.29 is 5.11 Å². The standard InChI is InChI=1S/C16H27NO/c1-11(2)6-7-14(5)17-10-15-8-12(3)16(18)13(4)9-15/h8-9,11,14,17-18H,6-7,10H2,1-5H3. The zero-order valence-corrected chi connectivity index (χ0v) is 12.4. The van der Waals surface area contributed by atoms with E-state index in [1.807, 2.05) is 13.8 Å². The second-order valence-electron chi connectivity index (χ2n) is 5.83. The molecule has 1 rings (SSSR count). The number of rotatable bonds is 6. The molecule has 0 heterocycles. The number of aromatic hydroxyl groups is 1. The van der Waals surface area contributed by atoms with Gasteiger partial charge in [-0.15, -0.1) is 0 Å². The highest BCUT2D eigenvalue weighted by atomic mass is 16.3. The molecule has 0 aliphatic carbocycles. The zero-order chi connectivity index (χ0) is 13.7. The highest BCUT2D eigenvalue weighted by Gasteiger charge is 2.06. The lowest BCUT2D eigenvalue weighted by atomic mass is 10.0. The molecule has 0 bridgehead atoms. The zero-order valence-electron chi connectivity index (χ0n) is 12.4. The van der Waals surface area contributed by atoms with E-state index in [0.29, 0.717) is 11.8 Å². The Morgan fingerprint density at radius 1 is 1.06 bits per heavy atom. The third-order valence-corrected chi connectivity index (χ3v) is 3.38. The van der Waals surface area contributed by atoms with Crippen molar-refractivity contribution in [2.24, 2.45) is 5.92 Å². The molecule has 0 amide bonds. The number of nitrogens with one attached hydrogen (secondary N) is 1. The Hall–Kier alpha value is -1.02. The summed E-state index contributed by atoms with van der Waals surface area (Å²) >= 11 is 0. The largest absolute Gasteiger partial charge is 0.507 e. The van der Waals surface area contributed by atoms with E-state index in [2.05, 4.69) is 38.2 Å². The van der Waals surface area contributed by atoms with Crippen LogP contribution in [0.3, 0.4) is 0 Å². The summed E-state index contributed by atoms with van der Waals surface area (Å²) in [5.41, 5.74) is 3.17. The van der Waals surface area contributed by atoms with Crippen LogP contribution in [0.1, 0.15) is 50.3 Å². The lowest BCUT2D eigenvalue weighted by Crippen LogP contribution is -2.25. The maximum absolute atomic E-state index is 9.73. The first-order valence-electron chi connectivity index (χ1n) is 6.92. The molecule has 0 aliphatic rings. The predicted molar refractivity (Wildman–Crippen MR) is 78.0 cm³/mol. The van der Waals surface area contributed by atoms with Crippen LogP contribution in [0.5, 0.6) is 5.75 Å². The fourth-order valence-electron chi connectivity index (χ4n) is 2.13. The molecule has 2 N–H and O–H groups in total. The molecule has 1 aromatic rings. The predicted octanol–water partition coefficient (Wildman–Crippen LogP) is 3.92. The lowest BCUT2D eigenvalue weighted by Gasteiger charge is -2.16. The average Bonchev–Trinajstić information content (AvgIpc) is 2.30. The van der Waals surface area contributed by atoms with E-state index in [1.165, 1.54) is 18.4 Å². The van der Waals surface area contributed by atoms with Gasteiger partial charge < -0.3 is 10.4 Å². The van der Waals surface area contributed by atoms with E-state index in [9.17, 15) is 5.11 Å². The number of benzene rings is 1. The molecule has 0 aliphatic heterocycles. The first-order chi connectivity index (χ1) is 8.40. The molecule has 102 valence electrons. The molecule has 2 nitrogen and oxygen atoms in total. The third-order valence-electron chi connectivity index (χ3n) is 3.38. The van der Waals surface area contributed by atoms with Crippen molar-refractivity contribution in [3.05, 3.63) is 28.8 Å². The third kappa shape index (κ3) is 4.69. The van der Waals surface area contributed by atoms with Crippen molar-refractivity contribution >= 4 is 0 Å². The van der Waals surface area contributed by atoms with Crippen molar-refractivity contribution in [2.75, 3.05) is 0 Å². The SMILES string of the molecule is Cc1cc(CNC(C)CCC(C)C)cc(C)c1O. The lowest BCUT2D eigenvalue weighted by molar-refractivity contribution is 0.449. The van der Waals surface area contributed by atoms with Gasteiger partial charge in [0.1, 0.15) is 5.75 Å². The maximum atomic E-state index is 9.73. The van der Waals surface area contributed by atoms with Crippen LogP contribution < -0.4 is 5.32 Å². The molecule has 2 heteroatoms. The Labute approximate surface area is 111 Å². The normalized spacial score (nSPS) is 13.0. The number of aryl methyl sites for hydroxylation is 2. The van der Waals surface area contributed by atoms with E-state index in [0.717, 1.165) is 23.6 Å². The van der Waals surface area contributed by atoms with Gasteiger partial charge in [-0.25, -0.2) is 0 Å². The molecule has 0 radical (unpaired) electrons. The van der Waals surface area contributed by atoms with Gasteiger partial charge in [0.05, 0.1) is 0 Å². The maximum Gasteiger partial charge on any atom is 0.121 e. The number of hydrogen-bond donors (Lipinski definition) is 2. The minimum absolute atomic E-state index is 0.423. The topological polar surface area (TPSA) is 32.3 Å². The molecule has 0 saturated carbocycles. The van der Waals surface area contributed by atoms with Crippen molar-refractivity contribution in [2.45, 2.75) is 60.0 Å². The molecule has 0 aromatic heterocycles. The monoisotopic (exact) mass is 249 g/mol. The Balaban J connectivity index is 2.48. The molecule has 1 unspecified atom stereocenters. The molecule has 0 spiro atoms. The Bertz CT molecular complexity index is 362. The van der Waals surface area contributed by atoms with Gasteiger partial charge >= 0.3 is 0 Å². The Morgan fingerprint density at radius 3 is 2.11 bits per heavy atom. The summed E-state index contributed by atoms with van der Waals surface area (Å²) in [6.45, 7) is 11.5. The van der Waals surface area contributed by atoms with Crippen molar-refractivity contribution in [3.63, 3.8) is 0 Å². The summed E-state index contributed by atoms with van der Waals surface area (Å²) in [6, 6.07) is 4.66. The van der Waals surface area contributed by atoms with Gasteiger partial charge in [0, 0.05) is 12.6 Å². The first-order valence-corrected chi connectivity index (χ1v) is 6.92. The van der Waals surface area contributed by atoms with Crippen LogP contribution in [0.15, 0.2) is 12.1 Å².